The number of ether oxygens (including phenoxy) is 1. The molecule has 0 saturated heterocycles. The number of benzene rings is 2. The van der Waals surface area contributed by atoms with E-state index in [4.69, 9.17) is 4.74 Å². The normalized spacial score (nSPS) is 15.8. The van der Waals surface area contributed by atoms with Gasteiger partial charge >= 0.3 is 0 Å². The molecule has 1 saturated carbocycles. The lowest BCUT2D eigenvalue weighted by Crippen LogP contribution is -2.42. The highest BCUT2D eigenvalue weighted by molar-refractivity contribution is 6.00. The molecule has 3 rings (SSSR count). The van der Waals surface area contributed by atoms with Crippen molar-refractivity contribution in [3.63, 3.8) is 0 Å². The molecule has 2 aromatic rings. The van der Waals surface area contributed by atoms with Crippen LogP contribution in [0.1, 0.15) is 43.2 Å². The van der Waals surface area contributed by atoms with E-state index in [-0.39, 0.29) is 5.91 Å². The number of anilines is 1. The molecular formula is C21H22N2O2. The average molecular weight is 334 g/mol. The average Bonchev–Trinajstić information content (AvgIpc) is 2.69. The topological polar surface area (TPSA) is 62.1 Å². The Labute approximate surface area is 148 Å². The number of nitrogens with one attached hydrogen (secondary N) is 1. The molecule has 0 aliphatic heterocycles. The minimum Gasteiger partial charge on any atom is -0.497 e. The first kappa shape index (κ1) is 17.0. The maximum Gasteiger partial charge on any atom is 0.235 e. The lowest BCUT2D eigenvalue weighted by Gasteiger charge is -2.36. The summed E-state index contributed by atoms with van der Waals surface area (Å²) in [4.78, 5) is 13.3. The van der Waals surface area contributed by atoms with Gasteiger partial charge in [-0.1, -0.05) is 49.6 Å². The third-order valence-corrected chi connectivity index (χ3v) is 5.06. The number of carbonyl (C=O) groups is 1. The molecule has 4 heteroatoms. The van der Waals surface area contributed by atoms with Gasteiger partial charge in [-0.2, -0.15) is 5.26 Å². The van der Waals surface area contributed by atoms with E-state index in [1.54, 1.807) is 25.3 Å². The Hall–Kier alpha value is -2.80. The molecule has 1 aliphatic rings. The van der Waals surface area contributed by atoms with Crippen LogP contribution in [-0.2, 0) is 10.2 Å². The predicted octanol–water partition coefficient (Wildman–Crippen LogP) is 4.41. The summed E-state index contributed by atoms with van der Waals surface area (Å²) in [5.41, 5.74) is 1.48. The minimum atomic E-state index is -0.522. The molecular weight excluding hydrogens is 312 g/mol. The molecule has 128 valence electrons. The van der Waals surface area contributed by atoms with Crippen molar-refractivity contribution >= 4 is 11.6 Å². The summed E-state index contributed by atoms with van der Waals surface area (Å²) in [7, 11) is 1.56. The van der Waals surface area contributed by atoms with Crippen LogP contribution in [0, 0.1) is 11.3 Å². The number of rotatable bonds is 4. The number of hydrogen-bond donors (Lipinski definition) is 1. The highest BCUT2D eigenvalue weighted by atomic mass is 16.5. The fourth-order valence-corrected chi connectivity index (χ4v) is 3.65. The second-order valence-corrected chi connectivity index (χ2v) is 6.49. The number of nitrogens with zero attached hydrogens (tertiary/aromatic N) is 1. The Bertz CT molecular complexity index is 787. The van der Waals surface area contributed by atoms with Gasteiger partial charge in [0.15, 0.2) is 0 Å². The Balaban J connectivity index is 1.93. The zero-order chi connectivity index (χ0) is 17.7. The smallest absolute Gasteiger partial charge is 0.235 e. The molecule has 1 amide bonds. The van der Waals surface area contributed by atoms with Gasteiger partial charge in [0.25, 0.3) is 0 Å². The Morgan fingerprint density at radius 3 is 2.48 bits per heavy atom. The van der Waals surface area contributed by atoms with Gasteiger partial charge in [0.05, 0.1) is 23.8 Å². The Morgan fingerprint density at radius 2 is 1.84 bits per heavy atom. The summed E-state index contributed by atoms with van der Waals surface area (Å²) in [6.07, 6.45) is 4.90. The van der Waals surface area contributed by atoms with Crippen molar-refractivity contribution in [3.8, 4) is 11.8 Å². The number of carbonyl (C=O) groups excluding carboxylic acids is 1. The van der Waals surface area contributed by atoms with Crippen LogP contribution in [0.3, 0.4) is 0 Å². The standard InChI is InChI=1S/C21H22N2O2/c1-25-18-10-11-19(16(14-18)15-22)23-20(24)21(12-6-3-7-13-21)17-8-4-2-5-9-17/h2,4-5,8-11,14H,3,6-7,12-13H2,1H3,(H,23,24). The SMILES string of the molecule is COc1ccc(NC(=O)C2(c3ccccc3)CCCCC2)c(C#N)c1. The van der Waals surface area contributed by atoms with Gasteiger partial charge in [-0.05, 0) is 36.6 Å². The molecule has 0 heterocycles. The van der Waals surface area contributed by atoms with Crippen LogP contribution in [0.4, 0.5) is 5.69 Å². The van der Waals surface area contributed by atoms with Crippen molar-refractivity contribution in [1.29, 1.82) is 5.26 Å². The predicted molar refractivity (Wildman–Crippen MR) is 97.5 cm³/mol. The van der Waals surface area contributed by atoms with Gasteiger partial charge in [0, 0.05) is 0 Å². The monoisotopic (exact) mass is 334 g/mol. The van der Waals surface area contributed by atoms with E-state index >= 15 is 0 Å². The van der Waals surface area contributed by atoms with Crippen LogP contribution in [0.2, 0.25) is 0 Å². The largest absolute Gasteiger partial charge is 0.497 e. The molecule has 0 aromatic heterocycles. The van der Waals surface area contributed by atoms with E-state index in [2.05, 4.69) is 11.4 Å². The van der Waals surface area contributed by atoms with Gasteiger partial charge in [0.1, 0.15) is 11.8 Å². The molecule has 0 bridgehead atoms. The maximum atomic E-state index is 13.3. The molecule has 1 fully saturated rings. The Morgan fingerprint density at radius 1 is 1.12 bits per heavy atom. The maximum absolute atomic E-state index is 13.3. The summed E-state index contributed by atoms with van der Waals surface area (Å²) < 4.78 is 5.16. The first-order chi connectivity index (χ1) is 12.2. The molecule has 2 aromatic carbocycles. The van der Waals surface area contributed by atoms with Gasteiger partial charge in [-0.15, -0.1) is 0 Å². The van der Waals surface area contributed by atoms with E-state index in [1.165, 1.54) is 0 Å². The molecule has 1 aliphatic carbocycles. The number of hydrogen-bond acceptors (Lipinski definition) is 3. The van der Waals surface area contributed by atoms with Gasteiger partial charge in [-0.3, -0.25) is 4.79 Å². The fraction of sp³-hybridized carbons (Fsp3) is 0.333. The van der Waals surface area contributed by atoms with E-state index < -0.39 is 5.41 Å². The molecule has 4 nitrogen and oxygen atoms in total. The van der Waals surface area contributed by atoms with Crippen LogP contribution in [-0.4, -0.2) is 13.0 Å². The highest BCUT2D eigenvalue weighted by Gasteiger charge is 2.41. The molecule has 0 atom stereocenters. The van der Waals surface area contributed by atoms with Crippen molar-refractivity contribution in [2.45, 2.75) is 37.5 Å². The van der Waals surface area contributed by atoms with E-state index in [0.717, 1.165) is 37.7 Å². The summed E-state index contributed by atoms with van der Waals surface area (Å²) >= 11 is 0. The van der Waals surface area contributed by atoms with Crippen molar-refractivity contribution in [1.82, 2.24) is 0 Å². The lowest BCUT2D eigenvalue weighted by molar-refractivity contribution is -0.122. The first-order valence-electron chi connectivity index (χ1n) is 8.65. The van der Waals surface area contributed by atoms with Gasteiger partial charge in [-0.25, -0.2) is 0 Å². The molecule has 25 heavy (non-hydrogen) atoms. The third-order valence-electron chi connectivity index (χ3n) is 5.06. The van der Waals surface area contributed by atoms with Crippen LogP contribution >= 0.6 is 0 Å². The van der Waals surface area contributed by atoms with E-state index in [1.807, 2.05) is 30.3 Å². The van der Waals surface area contributed by atoms with Crippen LogP contribution in [0.5, 0.6) is 5.75 Å². The number of amides is 1. The summed E-state index contributed by atoms with van der Waals surface area (Å²) in [5, 5.41) is 12.4. The van der Waals surface area contributed by atoms with E-state index in [0.29, 0.717) is 17.0 Å². The summed E-state index contributed by atoms with van der Waals surface area (Å²) in [6, 6.07) is 17.3. The summed E-state index contributed by atoms with van der Waals surface area (Å²) in [5.74, 6) is 0.574. The minimum absolute atomic E-state index is 0.0277. The van der Waals surface area contributed by atoms with Crippen molar-refractivity contribution in [2.24, 2.45) is 0 Å². The van der Waals surface area contributed by atoms with Gasteiger partial charge in [0.2, 0.25) is 5.91 Å². The van der Waals surface area contributed by atoms with Crippen molar-refractivity contribution < 1.29 is 9.53 Å². The fourth-order valence-electron chi connectivity index (χ4n) is 3.65. The second kappa shape index (κ2) is 7.40. The quantitative estimate of drug-likeness (QED) is 0.901. The highest BCUT2D eigenvalue weighted by Crippen LogP contribution is 2.40. The lowest BCUT2D eigenvalue weighted by atomic mass is 9.68. The number of nitriles is 1. The van der Waals surface area contributed by atoms with E-state index in [9.17, 15) is 10.1 Å². The Kier molecular flexibility index (Phi) is 5.04. The molecule has 0 radical (unpaired) electrons. The zero-order valence-electron chi connectivity index (χ0n) is 14.4. The van der Waals surface area contributed by atoms with Crippen molar-refractivity contribution in [2.75, 3.05) is 12.4 Å². The first-order valence-corrected chi connectivity index (χ1v) is 8.65. The van der Waals surface area contributed by atoms with Gasteiger partial charge < -0.3 is 10.1 Å². The summed E-state index contributed by atoms with van der Waals surface area (Å²) in [6.45, 7) is 0. The van der Waals surface area contributed by atoms with Crippen LogP contribution < -0.4 is 10.1 Å². The third kappa shape index (κ3) is 3.36. The molecule has 0 unspecified atom stereocenters. The molecule has 0 spiro atoms. The van der Waals surface area contributed by atoms with Crippen LogP contribution in [0.25, 0.3) is 0 Å². The van der Waals surface area contributed by atoms with Crippen molar-refractivity contribution in [3.05, 3.63) is 59.7 Å². The second-order valence-electron chi connectivity index (χ2n) is 6.49. The number of methoxy groups -OCH3 is 1. The molecule has 1 N–H and O–H groups in total. The zero-order valence-corrected chi connectivity index (χ0v) is 14.4. The van der Waals surface area contributed by atoms with Crippen LogP contribution in [0.15, 0.2) is 48.5 Å².